The summed E-state index contributed by atoms with van der Waals surface area (Å²) in [5, 5.41) is 37.4. The normalized spacial score (nSPS) is 11.8. The van der Waals surface area contributed by atoms with E-state index in [1.165, 1.54) is 94.1 Å². The van der Waals surface area contributed by atoms with E-state index in [-0.39, 0.29) is 58.4 Å². The van der Waals surface area contributed by atoms with Gasteiger partial charge in [-0.2, -0.15) is 0 Å². The van der Waals surface area contributed by atoms with Crippen LogP contribution < -0.4 is 0 Å². The summed E-state index contributed by atoms with van der Waals surface area (Å²) in [5.41, 5.74) is 0.487. The summed E-state index contributed by atoms with van der Waals surface area (Å²) in [4.78, 5) is 20.9. The SMILES string of the molecule is O=[N+]([O-])c1ccc(CS(=O)(=O)c2nnc(CCCCCc3nnc(S(=O)(=O)Cc4ccc([N+](=O)[O-])cc4)n3-c3cccc(F)c3)n2-c2cccc(F)c2)cc1. The van der Waals surface area contributed by atoms with Crippen molar-refractivity contribution in [2.24, 2.45) is 0 Å². The molecule has 0 atom stereocenters. The zero-order valence-electron chi connectivity index (χ0n) is 28.6. The van der Waals surface area contributed by atoms with Gasteiger partial charge in [-0.05, 0) is 60.4 Å². The number of nitrogens with zero attached hydrogens (tertiary/aromatic N) is 8. The third-order valence-corrected chi connectivity index (χ3v) is 11.5. The van der Waals surface area contributed by atoms with Crippen LogP contribution in [0.5, 0.6) is 0 Å². The third-order valence-electron chi connectivity index (χ3n) is 8.40. The first kappa shape index (κ1) is 38.4. The molecule has 0 bridgehead atoms. The molecule has 0 aliphatic carbocycles. The molecule has 0 spiro atoms. The van der Waals surface area contributed by atoms with E-state index in [0.717, 1.165) is 12.1 Å². The van der Waals surface area contributed by atoms with Gasteiger partial charge in [0.15, 0.2) is 0 Å². The number of nitro groups is 2. The summed E-state index contributed by atoms with van der Waals surface area (Å²) in [6.45, 7) is 0. The molecule has 0 saturated carbocycles. The highest BCUT2D eigenvalue weighted by molar-refractivity contribution is 7.90. The average Bonchev–Trinajstić information content (AvgIpc) is 3.78. The molecule has 20 heteroatoms. The summed E-state index contributed by atoms with van der Waals surface area (Å²) < 4.78 is 85.5. The second-order valence-electron chi connectivity index (χ2n) is 12.4. The van der Waals surface area contributed by atoms with E-state index in [9.17, 15) is 45.8 Å². The van der Waals surface area contributed by atoms with Crippen molar-refractivity contribution in [3.05, 3.63) is 152 Å². The van der Waals surface area contributed by atoms with Crippen molar-refractivity contribution < 1.29 is 35.5 Å². The van der Waals surface area contributed by atoms with Crippen molar-refractivity contribution in [1.29, 1.82) is 0 Å². The lowest BCUT2D eigenvalue weighted by Gasteiger charge is -2.12. The van der Waals surface area contributed by atoms with Gasteiger partial charge in [0.1, 0.15) is 23.3 Å². The monoisotopic (exact) mass is 792 g/mol. The molecular formula is C35H30F2N8O8S2. The highest BCUT2D eigenvalue weighted by Crippen LogP contribution is 2.26. The van der Waals surface area contributed by atoms with E-state index in [4.69, 9.17) is 0 Å². The number of sulfone groups is 2. The van der Waals surface area contributed by atoms with Gasteiger partial charge >= 0.3 is 0 Å². The third kappa shape index (κ3) is 8.92. The van der Waals surface area contributed by atoms with Crippen LogP contribution in [0.2, 0.25) is 0 Å². The van der Waals surface area contributed by atoms with Gasteiger partial charge in [0.2, 0.25) is 19.7 Å². The van der Waals surface area contributed by atoms with Crippen LogP contribution in [0.15, 0.2) is 107 Å². The molecule has 16 nitrogen and oxygen atoms in total. The molecule has 0 N–H and O–H groups in total. The highest BCUT2D eigenvalue weighted by atomic mass is 32.2. The molecule has 0 fully saturated rings. The molecule has 4 aromatic carbocycles. The first-order chi connectivity index (χ1) is 26.2. The Balaban J connectivity index is 1.19. The summed E-state index contributed by atoms with van der Waals surface area (Å²) >= 11 is 0. The van der Waals surface area contributed by atoms with Crippen molar-refractivity contribution in [2.75, 3.05) is 0 Å². The van der Waals surface area contributed by atoms with Crippen LogP contribution >= 0.6 is 0 Å². The number of unbranched alkanes of at least 4 members (excludes halogenated alkanes) is 2. The Labute approximate surface area is 312 Å². The van der Waals surface area contributed by atoms with Crippen molar-refractivity contribution in [3.8, 4) is 11.4 Å². The lowest BCUT2D eigenvalue weighted by Crippen LogP contribution is -2.14. The second kappa shape index (κ2) is 16.0. The molecule has 0 aliphatic heterocycles. The smallest absolute Gasteiger partial charge is 0.269 e. The molecule has 0 unspecified atom stereocenters. The fourth-order valence-corrected chi connectivity index (χ4v) is 8.64. The Morgan fingerprint density at radius 1 is 0.545 bits per heavy atom. The summed E-state index contributed by atoms with van der Waals surface area (Å²) in [7, 11) is -8.36. The summed E-state index contributed by atoms with van der Waals surface area (Å²) in [5.74, 6) is -1.86. The average molecular weight is 793 g/mol. The van der Waals surface area contributed by atoms with Gasteiger partial charge < -0.3 is 0 Å². The van der Waals surface area contributed by atoms with Gasteiger partial charge in [0.05, 0.1) is 32.7 Å². The maximum absolute atomic E-state index is 14.3. The van der Waals surface area contributed by atoms with E-state index in [2.05, 4.69) is 20.4 Å². The Bertz CT molecular complexity index is 2420. The zero-order chi connectivity index (χ0) is 39.3. The molecule has 0 saturated heterocycles. The molecule has 6 rings (SSSR count). The van der Waals surface area contributed by atoms with Crippen molar-refractivity contribution in [2.45, 2.75) is 53.9 Å². The molecule has 0 radical (unpaired) electrons. The topological polar surface area (TPSA) is 216 Å². The Morgan fingerprint density at radius 3 is 1.27 bits per heavy atom. The molecule has 6 aromatic rings. The van der Waals surface area contributed by atoms with E-state index in [1.54, 1.807) is 0 Å². The highest BCUT2D eigenvalue weighted by Gasteiger charge is 2.28. The molecule has 2 aromatic heterocycles. The number of rotatable bonds is 16. The van der Waals surface area contributed by atoms with Crippen molar-refractivity contribution in [3.63, 3.8) is 0 Å². The zero-order valence-corrected chi connectivity index (χ0v) is 30.2. The van der Waals surface area contributed by atoms with E-state index < -0.39 is 63.0 Å². The number of hydrogen-bond donors (Lipinski definition) is 0. The quantitative estimate of drug-likeness (QED) is 0.0641. The van der Waals surface area contributed by atoms with Crippen molar-refractivity contribution >= 4 is 31.0 Å². The van der Waals surface area contributed by atoms with Crippen molar-refractivity contribution in [1.82, 2.24) is 29.5 Å². The molecule has 284 valence electrons. The van der Waals surface area contributed by atoms with Crippen LogP contribution in [-0.2, 0) is 44.0 Å². The van der Waals surface area contributed by atoms with Crippen LogP contribution in [0.4, 0.5) is 20.2 Å². The maximum atomic E-state index is 14.3. The Morgan fingerprint density at radius 2 is 0.927 bits per heavy atom. The van der Waals surface area contributed by atoms with Gasteiger partial charge in [-0.15, -0.1) is 20.4 Å². The lowest BCUT2D eigenvalue weighted by molar-refractivity contribution is -0.385. The van der Waals surface area contributed by atoms with Gasteiger partial charge in [0, 0.05) is 37.1 Å². The second-order valence-corrected chi connectivity index (χ2v) is 16.1. The van der Waals surface area contributed by atoms with Crippen LogP contribution in [0.3, 0.4) is 0 Å². The molecular weight excluding hydrogens is 763 g/mol. The molecule has 55 heavy (non-hydrogen) atoms. The van der Waals surface area contributed by atoms with E-state index in [1.807, 2.05) is 0 Å². The van der Waals surface area contributed by atoms with Crippen LogP contribution in [-0.4, -0.2) is 56.2 Å². The Hall–Kier alpha value is -6.28. The minimum Gasteiger partial charge on any atom is -0.270 e. The fraction of sp³-hybridized carbons (Fsp3) is 0.200. The van der Waals surface area contributed by atoms with Crippen LogP contribution in [0.25, 0.3) is 11.4 Å². The standard InChI is InChI=1S/C35H30F2N8O8S2/c36-26-6-4-8-30(20-26)42-32(38-40-34(42)54(50,51)22-24-12-16-28(17-13-24)44(46)47)10-2-1-3-11-33-39-41-35(43(33)31-9-5-7-27(37)21-31)55(52,53)23-25-14-18-29(19-15-25)45(48)49/h4-9,12-21H,1-3,10-11,22-23H2. The van der Waals surface area contributed by atoms with Crippen LogP contribution in [0, 0.1) is 31.9 Å². The minimum absolute atomic E-state index is 0.174. The fourth-order valence-electron chi connectivity index (χ4n) is 5.81. The maximum Gasteiger partial charge on any atom is 0.269 e. The number of halogens is 2. The molecule has 2 heterocycles. The summed E-state index contributed by atoms with van der Waals surface area (Å²) in [6, 6.07) is 20.6. The first-order valence-corrected chi connectivity index (χ1v) is 19.8. The number of non-ortho nitro benzene ring substituents is 2. The number of aryl methyl sites for hydroxylation is 2. The van der Waals surface area contributed by atoms with E-state index >= 15 is 0 Å². The van der Waals surface area contributed by atoms with Gasteiger partial charge in [-0.1, -0.05) is 42.8 Å². The number of nitro benzene ring substituents is 2. The predicted molar refractivity (Wildman–Crippen MR) is 192 cm³/mol. The lowest BCUT2D eigenvalue weighted by atomic mass is 10.1. The number of benzene rings is 4. The first-order valence-electron chi connectivity index (χ1n) is 16.5. The largest absolute Gasteiger partial charge is 0.270 e. The molecule has 0 aliphatic rings. The minimum atomic E-state index is -4.18. The van der Waals surface area contributed by atoms with Gasteiger partial charge in [-0.25, -0.2) is 25.6 Å². The predicted octanol–water partition coefficient (Wildman–Crippen LogP) is 5.85. The van der Waals surface area contributed by atoms with Crippen LogP contribution in [0.1, 0.15) is 42.0 Å². The summed E-state index contributed by atoms with van der Waals surface area (Å²) in [6.07, 6.45) is 1.80. The van der Waals surface area contributed by atoms with Gasteiger partial charge in [-0.3, -0.25) is 29.4 Å². The Kier molecular flexibility index (Phi) is 11.2. The number of aromatic nitrogens is 6. The van der Waals surface area contributed by atoms with Gasteiger partial charge in [0.25, 0.3) is 21.7 Å². The molecule has 0 amide bonds. The van der Waals surface area contributed by atoms with E-state index in [0.29, 0.717) is 19.3 Å². The number of hydrogen-bond acceptors (Lipinski definition) is 12.